The van der Waals surface area contributed by atoms with Gasteiger partial charge in [0.2, 0.25) is 0 Å². The molecule has 0 saturated heterocycles. The van der Waals surface area contributed by atoms with Crippen molar-refractivity contribution in [2.24, 2.45) is 16.7 Å². The summed E-state index contributed by atoms with van der Waals surface area (Å²) in [5.74, 6) is -2.85. The van der Waals surface area contributed by atoms with Gasteiger partial charge in [-0.3, -0.25) is 19.7 Å². The average molecular weight is 417 g/mol. The van der Waals surface area contributed by atoms with Gasteiger partial charge in [0, 0.05) is 31.9 Å². The van der Waals surface area contributed by atoms with Crippen LogP contribution in [0.2, 0.25) is 0 Å². The lowest BCUT2D eigenvalue weighted by molar-refractivity contribution is -0.384. The Labute approximate surface area is 175 Å². The predicted octanol–water partition coefficient (Wildman–Crippen LogP) is 3.19. The number of carbonyl (C=O) groups is 2. The van der Waals surface area contributed by atoms with Crippen LogP contribution < -0.4 is 0 Å². The third kappa shape index (κ3) is 2.53. The second-order valence-corrected chi connectivity index (χ2v) is 9.01. The summed E-state index contributed by atoms with van der Waals surface area (Å²) in [5, 5.41) is 11.1. The summed E-state index contributed by atoms with van der Waals surface area (Å²) in [5.41, 5.74) is -2.33. The van der Waals surface area contributed by atoms with E-state index in [0.717, 1.165) is 0 Å². The smallest absolute Gasteiger partial charge is 0.313 e. The minimum Gasteiger partial charge on any atom is -0.469 e. The molecule has 30 heavy (non-hydrogen) atoms. The molecule has 0 amide bonds. The molecule has 1 fully saturated rings. The second-order valence-electron chi connectivity index (χ2n) is 9.01. The van der Waals surface area contributed by atoms with E-state index in [1.54, 1.807) is 13.0 Å². The fourth-order valence-corrected chi connectivity index (χ4v) is 5.18. The third-order valence-corrected chi connectivity index (χ3v) is 6.69. The molecular weight excluding hydrogens is 390 g/mol. The van der Waals surface area contributed by atoms with E-state index < -0.39 is 38.8 Å². The van der Waals surface area contributed by atoms with E-state index in [9.17, 15) is 19.7 Å². The largest absolute Gasteiger partial charge is 0.469 e. The van der Waals surface area contributed by atoms with Gasteiger partial charge in [-0.1, -0.05) is 32.9 Å². The molecule has 2 aliphatic rings. The standard InChI is InChI=1S/C22H27NO7/c1-19(2,3)15-12-21(29-6,30-7)17-20(4,18(25)28-5)22(17,16(15)24)13-8-10-14(11-9-13)23(26)27/h8-12,17H,1-7H3/t17-,20+,22+/m0/s1. The number of methoxy groups -OCH3 is 3. The second kappa shape index (κ2) is 6.72. The Morgan fingerprint density at radius 2 is 1.63 bits per heavy atom. The molecule has 1 aromatic carbocycles. The van der Waals surface area contributed by atoms with Crippen LogP contribution in [0.5, 0.6) is 0 Å². The molecule has 0 unspecified atom stereocenters. The number of rotatable bonds is 5. The molecular formula is C22H27NO7. The van der Waals surface area contributed by atoms with Crippen LogP contribution in [0, 0.1) is 26.9 Å². The molecule has 0 aliphatic heterocycles. The number of allylic oxidation sites excluding steroid dienone is 1. The molecule has 162 valence electrons. The molecule has 0 aromatic heterocycles. The number of non-ortho nitro benzene ring substituents is 1. The molecule has 2 aliphatic carbocycles. The molecule has 0 spiro atoms. The highest BCUT2D eigenvalue weighted by atomic mass is 16.7. The predicted molar refractivity (Wildman–Crippen MR) is 108 cm³/mol. The van der Waals surface area contributed by atoms with Crippen molar-refractivity contribution in [3.8, 4) is 0 Å². The Morgan fingerprint density at radius 1 is 1.10 bits per heavy atom. The van der Waals surface area contributed by atoms with Crippen molar-refractivity contribution in [3.63, 3.8) is 0 Å². The van der Waals surface area contributed by atoms with Gasteiger partial charge in [-0.25, -0.2) is 0 Å². The Bertz CT molecular complexity index is 939. The van der Waals surface area contributed by atoms with Crippen molar-refractivity contribution in [1.82, 2.24) is 0 Å². The van der Waals surface area contributed by atoms with E-state index in [0.29, 0.717) is 11.1 Å². The van der Waals surface area contributed by atoms with Crippen LogP contribution in [0.25, 0.3) is 0 Å². The van der Waals surface area contributed by atoms with Gasteiger partial charge in [0.15, 0.2) is 11.6 Å². The van der Waals surface area contributed by atoms with E-state index in [1.165, 1.54) is 45.6 Å². The summed E-state index contributed by atoms with van der Waals surface area (Å²) >= 11 is 0. The van der Waals surface area contributed by atoms with Crippen molar-refractivity contribution < 1.29 is 28.7 Å². The normalized spacial score (nSPS) is 29.6. The number of nitro benzene ring substituents is 1. The molecule has 3 rings (SSSR count). The summed E-state index contributed by atoms with van der Waals surface area (Å²) in [7, 11) is 4.20. The molecule has 3 atom stereocenters. The van der Waals surface area contributed by atoms with Crippen molar-refractivity contribution in [2.45, 2.75) is 38.9 Å². The number of benzene rings is 1. The summed E-state index contributed by atoms with van der Waals surface area (Å²) in [4.78, 5) is 37.6. The minimum absolute atomic E-state index is 0.105. The number of carbonyl (C=O) groups excluding carboxylic acids is 2. The molecule has 8 nitrogen and oxygen atoms in total. The van der Waals surface area contributed by atoms with Gasteiger partial charge in [-0.15, -0.1) is 0 Å². The lowest BCUT2D eigenvalue weighted by Crippen LogP contribution is -2.46. The van der Waals surface area contributed by atoms with Gasteiger partial charge >= 0.3 is 5.97 Å². The highest BCUT2D eigenvalue weighted by molar-refractivity contribution is 6.14. The van der Waals surface area contributed by atoms with Gasteiger partial charge in [-0.2, -0.15) is 0 Å². The van der Waals surface area contributed by atoms with Gasteiger partial charge in [0.05, 0.1) is 28.8 Å². The zero-order valence-corrected chi connectivity index (χ0v) is 18.3. The Balaban J connectivity index is 2.35. The minimum atomic E-state index is -1.35. The third-order valence-electron chi connectivity index (χ3n) is 6.69. The van der Waals surface area contributed by atoms with E-state index in [-0.39, 0.29) is 11.5 Å². The van der Waals surface area contributed by atoms with Crippen LogP contribution in [0.4, 0.5) is 5.69 Å². The van der Waals surface area contributed by atoms with E-state index >= 15 is 0 Å². The Hall–Kier alpha value is -2.58. The molecule has 0 radical (unpaired) electrons. The van der Waals surface area contributed by atoms with Crippen LogP contribution in [0.15, 0.2) is 35.9 Å². The maximum Gasteiger partial charge on any atom is 0.313 e. The Kier molecular flexibility index (Phi) is 4.95. The summed E-state index contributed by atoms with van der Waals surface area (Å²) < 4.78 is 16.7. The quantitative estimate of drug-likeness (QED) is 0.313. The van der Waals surface area contributed by atoms with Crippen molar-refractivity contribution >= 4 is 17.4 Å². The first-order valence-electron chi connectivity index (χ1n) is 9.60. The number of esters is 1. The van der Waals surface area contributed by atoms with Crippen LogP contribution >= 0.6 is 0 Å². The molecule has 1 saturated carbocycles. The van der Waals surface area contributed by atoms with Crippen molar-refractivity contribution in [3.05, 3.63) is 51.6 Å². The van der Waals surface area contributed by atoms with Crippen LogP contribution in [-0.4, -0.2) is 43.8 Å². The summed E-state index contributed by atoms with van der Waals surface area (Å²) in [6, 6.07) is 5.72. The number of fused-ring (bicyclic) bond motifs is 1. The lowest BCUT2D eigenvalue weighted by Gasteiger charge is -2.38. The molecule has 0 N–H and O–H groups in total. The SMILES string of the molecule is COC(=O)[C@@]1(C)[C@H]2C(OC)(OC)C=C(C(C)(C)C)C(=O)[C@]21c1ccc([N+](=O)[O-])cc1. The summed E-state index contributed by atoms with van der Waals surface area (Å²) in [6.45, 7) is 7.35. The maximum absolute atomic E-state index is 14.0. The number of ether oxygens (including phenoxy) is 3. The monoisotopic (exact) mass is 417 g/mol. The highest BCUT2D eigenvalue weighted by Crippen LogP contribution is 2.77. The van der Waals surface area contributed by atoms with Gasteiger partial charge in [0.25, 0.3) is 5.69 Å². The van der Waals surface area contributed by atoms with Crippen LogP contribution in [-0.2, 0) is 29.2 Å². The molecule has 8 heteroatoms. The van der Waals surface area contributed by atoms with Crippen molar-refractivity contribution in [2.75, 3.05) is 21.3 Å². The van der Waals surface area contributed by atoms with Gasteiger partial charge < -0.3 is 14.2 Å². The number of hydrogen-bond acceptors (Lipinski definition) is 7. The fourth-order valence-electron chi connectivity index (χ4n) is 5.18. The number of nitrogens with zero attached hydrogens (tertiary/aromatic N) is 1. The van der Waals surface area contributed by atoms with Crippen LogP contribution in [0.3, 0.4) is 0 Å². The van der Waals surface area contributed by atoms with E-state index in [4.69, 9.17) is 14.2 Å². The maximum atomic E-state index is 14.0. The topological polar surface area (TPSA) is 105 Å². The van der Waals surface area contributed by atoms with Crippen molar-refractivity contribution in [1.29, 1.82) is 0 Å². The number of nitro groups is 1. The van der Waals surface area contributed by atoms with Gasteiger partial charge in [-0.05, 0) is 24.0 Å². The molecule has 0 bridgehead atoms. The highest BCUT2D eigenvalue weighted by Gasteiger charge is 2.89. The van der Waals surface area contributed by atoms with E-state index in [1.807, 2.05) is 20.8 Å². The zero-order valence-electron chi connectivity index (χ0n) is 18.3. The fraction of sp³-hybridized carbons (Fsp3) is 0.545. The van der Waals surface area contributed by atoms with E-state index in [2.05, 4.69) is 0 Å². The number of ketones is 1. The Morgan fingerprint density at radius 3 is 2.03 bits per heavy atom. The average Bonchev–Trinajstić information content (AvgIpc) is 3.31. The first kappa shape index (κ1) is 22.1. The first-order chi connectivity index (χ1) is 13.9. The lowest BCUT2D eigenvalue weighted by atomic mass is 9.70. The molecule has 0 heterocycles. The first-order valence-corrected chi connectivity index (χ1v) is 9.60. The van der Waals surface area contributed by atoms with Gasteiger partial charge in [0.1, 0.15) is 0 Å². The summed E-state index contributed by atoms with van der Waals surface area (Å²) in [6.07, 6.45) is 1.66. The van der Waals surface area contributed by atoms with Crippen LogP contribution in [0.1, 0.15) is 33.3 Å². The number of Topliss-reactive ketones (excluding diaryl/α,β-unsaturated/α-hetero) is 1. The molecule has 1 aromatic rings. The zero-order chi connectivity index (χ0) is 22.7. The number of hydrogen-bond donors (Lipinski definition) is 0.